The summed E-state index contributed by atoms with van der Waals surface area (Å²) in [6.45, 7) is 5.47. The molecular formula is C16H26O3. The topological polar surface area (TPSA) is 38.7 Å². The molecule has 0 saturated heterocycles. The number of aliphatic hydroxyl groups excluding tert-OH is 1. The zero-order valence-corrected chi connectivity index (χ0v) is 12.1. The standard InChI is InChI=1S/C16H26O3/c1-3-5-6-12-18-15-7-9-16(10-8-15)19-13-11-14(17)4-2/h7-10,14,17H,3-6,11-13H2,1-2H3. The van der Waals surface area contributed by atoms with Crippen LogP contribution < -0.4 is 9.47 Å². The summed E-state index contributed by atoms with van der Waals surface area (Å²) in [6.07, 6.45) is 4.70. The lowest BCUT2D eigenvalue weighted by Crippen LogP contribution is -2.10. The summed E-state index contributed by atoms with van der Waals surface area (Å²) in [5, 5.41) is 9.42. The number of aliphatic hydroxyl groups is 1. The van der Waals surface area contributed by atoms with Gasteiger partial charge in [-0.2, -0.15) is 0 Å². The van der Waals surface area contributed by atoms with E-state index in [9.17, 15) is 5.11 Å². The minimum atomic E-state index is -0.263. The minimum Gasteiger partial charge on any atom is -0.494 e. The fourth-order valence-corrected chi connectivity index (χ4v) is 1.69. The Labute approximate surface area is 116 Å². The summed E-state index contributed by atoms with van der Waals surface area (Å²) in [5.41, 5.74) is 0. The zero-order chi connectivity index (χ0) is 13.9. The molecule has 3 nitrogen and oxygen atoms in total. The van der Waals surface area contributed by atoms with Gasteiger partial charge in [-0.25, -0.2) is 0 Å². The van der Waals surface area contributed by atoms with Crippen molar-refractivity contribution in [2.45, 2.75) is 52.1 Å². The molecule has 1 rings (SSSR count). The molecule has 0 heterocycles. The second-order valence-corrected chi connectivity index (χ2v) is 4.73. The first-order chi connectivity index (χ1) is 9.26. The molecular weight excluding hydrogens is 240 g/mol. The van der Waals surface area contributed by atoms with Gasteiger partial charge in [-0.05, 0) is 37.1 Å². The minimum absolute atomic E-state index is 0.263. The van der Waals surface area contributed by atoms with Crippen molar-refractivity contribution in [3.63, 3.8) is 0 Å². The van der Waals surface area contributed by atoms with Crippen LogP contribution in [0.2, 0.25) is 0 Å². The van der Waals surface area contributed by atoms with Gasteiger partial charge in [0.25, 0.3) is 0 Å². The molecule has 0 aliphatic heterocycles. The van der Waals surface area contributed by atoms with Gasteiger partial charge in [0.2, 0.25) is 0 Å². The lowest BCUT2D eigenvalue weighted by atomic mass is 10.2. The largest absolute Gasteiger partial charge is 0.494 e. The van der Waals surface area contributed by atoms with E-state index in [-0.39, 0.29) is 6.10 Å². The summed E-state index contributed by atoms with van der Waals surface area (Å²) in [7, 11) is 0. The highest BCUT2D eigenvalue weighted by molar-refractivity contribution is 5.31. The SMILES string of the molecule is CCCCCOc1ccc(OCCC(O)CC)cc1. The molecule has 0 fully saturated rings. The summed E-state index contributed by atoms with van der Waals surface area (Å²) in [4.78, 5) is 0. The second-order valence-electron chi connectivity index (χ2n) is 4.73. The van der Waals surface area contributed by atoms with Gasteiger partial charge in [0.15, 0.2) is 0 Å². The molecule has 0 saturated carbocycles. The molecule has 1 aromatic carbocycles. The molecule has 0 spiro atoms. The Kier molecular flexibility index (Phi) is 8.07. The predicted molar refractivity (Wildman–Crippen MR) is 77.9 cm³/mol. The normalized spacial score (nSPS) is 12.2. The molecule has 108 valence electrons. The average Bonchev–Trinajstić information content (AvgIpc) is 2.45. The third-order valence-electron chi connectivity index (χ3n) is 3.03. The van der Waals surface area contributed by atoms with Crippen LogP contribution in [0.15, 0.2) is 24.3 Å². The number of hydrogen-bond acceptors (Lipinski definition) is 3. The fourth-order valence-electron chi connectivity index (χ4n) is 1.69. The molecule has 0 bridgehead atoms. The monoisotopic (exact) mass is 266 g/mol. The number of rotatable bonds is 10. The molecule has 19 heavy (non-hydrogen) atoms. The highest BCUT2D eigenvalue weighted by Gasteiger charge is 2.01. The molecule has 3 heteroatoms. The van der Waals surface area contributed by atoms with E-state index in [2.05, 4.69) is 6.92 Å². The first-order valence-electron chi connectivity index (χ1n) is 7.30. The van der Waals surface area contributed by atoms with E-state index in [1.54, 1.807) is 0 Å². The van der Waals surface area contributed by atoms with E-state index in [0.29, 0.717) is 13.0 Å². The van der Waals surface area contributed by atoms with Crippen molar-refractivity contribution in [1.82, 2.24) is 0 Å². The summed E-state index contributed by atoms with van der Waals surface area (Å²) >= 11 is 0. The molecule has 1 unspecified atom stereocenters. The van der Waals surface area contributed by atoms with Gasteiger partial charge in [0.1, 0.15) is 11.5 Å². The lowest BCUT2D eigenvalue weighted by Gasteiger charge is -2.10. The van der Waals surface area contributed by atoms with Gasteiger partial charge in [-0.3, -0.25) is 0 Å². The molecule has 1 N–H and O–H groups in total. The molecule has 1 aromatic rings. The van der Waals surface area contributed by atoms with Crippen molar-refractivity contribution in [2.75, 3.05) is 13.2 Å². The van der Waals surface area contributed by atoms with Gasteiger partial charge in [0, 0.05) is 6.42 Å². The molecule has 1 atom stereocenters. The smallest absolute Gasteiger partial charge is 0.119 e. The maximum atomic E-state index is 9.42. The Morgan fingerprint density at radius 2 is 1.53 bits per heavy atom. The van der Waals surface area contributed by atoms with Crippen LogP contribution in [-0.2, 0) is 0 Å². The Hall–Kier alpha value is -1.22. The van der Waals surface area contributed by atoms with Crippen LogP contribution in [0.1, 0.15) is 46.0 Å². The molecule has 0 radical (unpaired) electrons. The van der Waals surface area contributed by atoms with Gasteiger partial charge < -0.3 is 14.6 Å². The van der Waals surface area contributed by atoms with Crippen molar-refractivity contribution < 1.29 is 14.6 Å². The number of hydrogen-bond donors (Lipinski definition) is 1. The van der Waals surface area contributed by atoms with Gasteiger partial charge in [-0.1, -0.05) is 26.7 Å². The summed E-state index contributed by atoms with van der Waals surface area (Å²) in [6, 6.07) is 7.68. The van der Waals surface area contributed by atoms with Crippen LogP contribution in [-0.4, -0.2) is 24.4 Å². The van der Waals surface area contributed by atoms with Crippen LogP contribution in [0.4, 0.5) is 0 Å². The van der Waals surface area contributed by atoms with Crippen LogP contribution in [0.3, 0.4) is 0 Å². The van der Waals surface area contributed by atoms with Crippen LogP contribution in [0, 0.1) is 0 Å². The maximum Gasteiger partial charge on any atom is 0.119 e. The van der Waals surface area contributed by atoms with Crippen LogP contribution in [0.25, 0.3) is 0 Å². The second kappa shape index (κ2) is 9.68. The summed E-state index contributed by atoms with van der Waals surface area (Å²) < 4.78 is 11.2. The van der Waals surface area contributed by atoms with Gasteiger partial charge >= 0.3 is 0 Å². The van der Waals surface area contributed by atoms with Crippen LogP contribution in [0.5, 0.6) is 11.5 Å². The molecule has 0 aliphatic rings. The Morgan fingerprint density at radius 1 is 0.947 bits per heavy atom. The third-order valence-corrected chi connectivity index (χ3v) is 3.03. The average molecular weight is 266 g/mol. The van der Waals surface area contributed by atoms with Crippen molar-refractivity contribution >= 4 is 0 Å². The van der Waals surface area contributed by atoms with Crippen LogP contribution >= 0.6 is 0 Å². The van der Waals surface area contributed by atoms with Gasteiger partial charge in [-0.15, -0.1) is 0 Å². The van der Waals surface area contributed by atoms with E-state index in [0.717, 1.165) is 30.9 Å². The van der Waals surface area contributed by atoms with Crippen molar-refractivity contribution in [1.29, 1.82) is 0 Å². The van der Waals surface area contributed by atoms with E-state index >= 15 is 0 Å². The number of ether oxygens (including phenoxy) is 2. The Bertz CT molecular complexity index is 321. The highest BCUT2D eigenvalue weighted by atomic mass is 16.5. The maximum absolute atomic E-state index is 9.42. The highest BCUT2D eigenvalue weighted by Crippen LogP contribution is 2.18. The zero-order valence-electron chi connectivity index (χ0n) is 12.1. The third kappa shape index (κ3) is 7.06. The number of benzene rings is 1. The summed E-state index contributed by atoms with van der Waals surface area (Å²) in [5.74, 6) is 1.71. The van der Waals surface area contributed by atoms with E-state index in [1.807, 2.05) is 31.2 Å². The van der Waals surface area contributed by atoms with Gasteiger partial charge in [0.05, 0.1) is 19.3 Å². The van der Waals surface area contributed by atoms with E-state index in [1.165, 1.54) is 12.8 Å². The fraction of sp³-hybridized carbons (Fsp3) is 0.625. The first kappa shape index (κ1) is 15.8. The van der Waals surface area contributed by atoms with Crippen molar-refractivity contribution in [2.24, 2.45) is 0 Å². The molecule has 0 aliphatic carbocycles. The van der Waals surface area contributed by atoms with Crippen molar-refractivity contribution in [3.8, 4) is 11.5 Å². The van der Waals surface area contributed by atoms with Crippen molar-refractivity contribution in [3.05, 3.63) is 24.3 Å². The first-order valence-corrected chi connectivity index (χ1v) is 7.30. The quantitative estimate of drug-likeness (QED) is 0.655. The molecule has 0 aromatic heterocycles. The number of unbranched alkanes of at least 4 members (excludes halogenated alkanes) is 2. The Morgan fingerprint density at radius 3 is 2.05 bits per heavy atom. The molecule has 0 amide bonds. The Balaban J connectivity index is 2.23. The van der Waals surface area contributed by atoms with E-state index < -0.39 is 0 Å². The predicted octanol–water partition coefficient (Wildman–Crippen LogP) is 3.80. The lowest BCUT2D eigenvalue weighted by molar-refractivity contribution is 0.135. The van der Waals surface area contributed by atoms with E-state index in [4.69, 9.17) is 9.47 Å².